The van der Waals surface area contributed by atoms with Crippen molar-refractivity contribution in [3.63, 3.8) is 0 Å². The summed E-state index contributed by atoms with van der Waals surface area (Å²) < 4.78 is 0. The molecule has 4 nitrogen and oxygen atoms in total. The zero-order valence-electron chi connectivity index (χ0n) is 8.44. The van der Waals surface area contributed by atoms with Gasteiger partial charge >= 0.3 is 0 Å². The first-order valence-electron chi connectivity index (χ1n) is 4.52. The average Bonchev–Trinajstić information content (AvgIpc) is 2.20. The zero-order chi connectivity index (χ0) is 10.6. The van der Waals surface area contributed by atoms with Gasteiger partial charge in [-0.15, -0.1) is 0 Å². The van der Waals surface area contributed by atoms with Gasteiger partial charge in [-0.1, -0.05) is 6.92 Å². The average molecular weight is 190 g/mol. The van der Waals surface area contributed by atoms with Crippen LogP contribution in [0.1, 0.15) is 13.3 Å². The van der Waals surface area contributed by atoms with E-state index in [9.17, 15) is 0 Å². The van der Waals surface area contributed by atoms with Crippen LogP contribution in [0.5, 0.6) is 0 Å². The molecule has 1 rings (SSSR count). The van der Waals surface area contributed by atoms with Gasteiger partial charge in [-0.25, -0.2) is 0 Å². The monoisotopic (exact) mass is 190 g/mol. The van der Waals surface area contributed by atoms with Crippen molar-refractivity contribution in [2.24, 2.45) is 0 Å². The summed E-state index contributed by atoms with van der Waals surface area (Å²) in [5, 5.41) is 8.90. The molecule has 0 saturated heterocycles. The van der Waals surface area contributed by atoms with Crippen molar-refractivity contribution in [1.29, 1.82) is 5.26 Å². The number of nitrogens with two attached hydrogens (primary N) is 1. The lowest BCUT2D eigenvalue weighted by Gasteiger charge is -2.24. The summed E-state index contributed by atoms with van der Waals surface area (Å²) in [6, 6.07) is 3.90. The van der Waals surface area contributed by atoms with Gasteiger partial charge in [0.15, 0.2) is 0 Å². The fourth-order valence-corrected chi connectivity index (χ4v) is 1.34. The van der Waals surface area contributed by atoms with Gasteiger partial charge in [0.1, 0.15) is 6.04 Å². The van der Waals surface area contributed by atoms with Crippen molar-refractivity contribution >= 4 is 11.4 Å². The molecule has 1 aromatic rings. The molecule has 1 aromatic heterocycles. The van der Waals surface area contributed by atoms with Crippen molar-refractivity contribution in [3.05, 3.63) is 18.5 Å². The molecule has 1 heterocycles. The first-order valence-corrected chi connectivity index (χ1v) is 4.52. The summed E-state index contributed by atoms with van der Waals surface area (Å²) in [5.74, 6) is 0. The second-order valence-electron chi connectivity index (χ2n) is 3.10. The van der Waals surface area contributed by atoms with E-state index in [0.29, 0.717) is 5.69 Å². The predicted octanol–water partition coefficient (Wildman–Crippen LogP) is 1.40. The number of pyridine rings is 1. The van der Waals surface area contributed by atoms with Crippen LogP contribution in [0, 0.1) is 11.3 Å². The van der Waals surface area contributed by atoms with E-state index in [1.165, 1.54) is 0 Å². The van der Waals surface area contributed by atoms with Gasteiger partial charge in [0, 0.05) is 13.2 Å². The quantitative estimate of drug-likeness (QED) is 0.782. The molecule has 0 fully saturated rings. The minimum absolute atomic E-state index is 0.139. The summed E-state index contributed by atoms with van der Waals surface area (Å²) in [5.41, 5.74) is 7.21. The van der Waals surface area contributed by atoms with Crippen LogP contribution < -0.4 is 10.6 Å². The van der Waals surface area contributed by atoms with E-state index in [1.54, 1.807) is 12.4 Å². The van der Waals surface area contributed by atoms with Crippen LogP contribution in [-0.2, 0) is 0 Å². The molecule has 1 unspecified atom stereocenters. The van der Waals surface area contributed by atoms with Gasteiger partial charge in [-0.05, 0) is 12.5 Å². The van der Waals surface area contributed by atoms with Crippen LogP contribution >= 0.6 is 0 Å². The minimum Gasteiger partial charge on any atom is -0.396 e. The highest BCUT2D eigenvalue weighted by atomic mass is 15.1. The van der Waals surface area contributed by atoms with Crippen LogP contribution in [0.25, 0.3) is 0 Å². The van der Waals surface area contributed by atoms with E-state index in [4.69, 9.17) is 11.0 Å². The number of hydrogen-bond acceptors (Lipinski definition) is 4. The van der Waals surface area contributed by atoms with Gasteiger partial charge in [0.2, 0.25) is 0 Å². The number of anilines is 2. The Morgan fingerprint density at radius 1 is 1.71 bits per heavy atom. The van der Waals surface area contributed by atoms with E-state index in [0.717, 1.165) is 12.1 Å². The maximum atomic E-state index is 8.90. The molecule has 0 saturated carbocycles. The SMILES string of the molecule is CCC(C#N)N(C)c1ccncc1N. The number of hydrogen-bond donors (Lipinski definition) is 1. The largest absolute Gasteiger partial charge is 0.396 e. The first-order chi connectivity index (χ1) is 6.70. The topological polar surface area (TPSA) is 65.9 Å². The van der Waals surface area contributed by atoms with Gasteiger partial charge in [0.05, 0.1) is 23.6 Å². The molecule has 2 N–H and O–H groups in total. The molecule has 0 aromatic carbocycles. The molecule has 4 heteroatoms. The third-order valence-corrected chi connectivity index (χ3v) is 2.21. The van der Waals surface area contributed by atoms with Crippen molar-refractivity contribution in [2.45, 2.75) is 19.4 Å². The maximum absolute atomic E-state index is 8.90. The summed E-state index contributed by atoms with van der Waals surface area (Å²) in [7, 11) is 1.86. The number of nitrogen functional groups attached to an aromatic ring is 1. The van der Waals surface area contributed by atoms with Crippen molar-refractivity contribution < 1.29 is 0 Å². The lowest BCUT2D eigenvalue weighted by molar-refractivity contribution is 0.734. The Bertz CT molecular complexity index is 342. The molecule has 74 valence electrons. The number of aromatic nitrogens is 1. The van der Waals surface area contributed by atoms with Gasteiger partial charge in [0.25, 0.3) is 0 Å². The highest BCUT2D eigenvalue weighted by molar-refractivity contribution is 5.66. The fraction of sp³-hybridized carbons (Fsp3) is 0.400. The molecule has 0 spiro atoms. The lowest BCUT2D eigenvalue weighted by Crippen LogP contribution is -2.30. The molecule has 0 aliphatic carbocycles. The predicted molar refractivity (Wildman–Crippen MR) is 56.7 cm³/mol. The lowest BCUT2D eigenvalue weighted by atomic mass is 10.2. The molecular weight excluding hydrogens is 176 g/mol. The number of nitriles is 1. The first kappa shape index (κ1) is 10.3. The highest BCUT2D eigenvalue weighted by Gasteiger charge is 2.13. The summed E-state index contributed by atoms with van der Waals surface area (Å²) in [4.78, 5) is 5.78. The summed E-state index contributed by atoms with van der Waals surface area (Å²) in [6.45, 7) is 1.97. The molecule has 14 heavy (non-hydrogen) atoms. The van der Waals surface area contributed by atoms with E-state index >= 15 is 0 Å². The molecule has 0 radical (unpaired) electrons. The van der Waals surface area contributed by atoms with Crippen LogP contribution in [-0.4, -0.2) is 18.1 Å². The Labute approximate surface area is 84.0 Å². The van der Waals surface area contributed by atoms with E-state index < -0.39 is 0 Å². The molecule has 1 atom stereocenters. The second kappa shape index (κ2) is 4.47. The van der Waals surface area contributed by atoms with Crippen molar-refractivity contribution in [3.8, 4) is 6.07 Å². The molecule has 0 aliphatic heterocycles. The third kappa shape index (κ3) is 1.94. The molecule has 0 aliphatic rings. The second-order valence-corrected chi connectivity index (χ2v) is 3.10. The third-order valence-electron chi connectivity index (χ3n) is 2.21. The Hall–Kier alpha value is -1.76. The smallest absolute Gasteiger partial charge is 0.116 e. The molecule has 0 amide bonds. The van der Waals surface area contributed by atoms with E-state index in [-0.39, 0.29) is 6.04 Å². The van der Waals surface area contributed by atoms with Crippen LogP contribution in [0.15, 0.2) is 18.5 Å². The van der Waals surface area contributed by atoms with Gasteiger partial charge < -0.3 is 10.6 Å². The van der Waals surface area contributed by atoms with Gasteiger partial charge in [-0.2, -0.15) is 5.26 Å². The summed E-state index contributed by atoms with van der Waals surface area (Å²) >= 11 is 0. The van der Waals surface area contributed by atoms with E-state index in [1.807, 2.05) is 24.9 Å². The Morgan fingerprint density at radius 2 is 2.43 bits per heavy atom. The highest BCUT2D eigenvalue weighted by Crippen LogP contribution is 2.22. The zero-order valence-corrected chi connectivity index (χ0v) is 8.44. The molecule has 0 bridgehead atoms. The summed E-state index contributed by atoms with van der Waals surface area (Å²) in [6.07, 6.45) is 4.04. The maximum Gasteiger partial charge on any atom is 0.116 e. The number of nitrogens with zero attached hydrogens (tertiary/aromatic N) is 3. The van der Waals surface area contributed by atoms with Crippen molar-refractivity contribution in [1.82, 2.24) is 4.98 Å². The normalized spacial score (nSPS) is 11.8. The minimum atomic E-state index is -0.139. The van der Waals surface area contributed by atoms with Crippen molar-refractivity contribution in [2.75, 3.05) is 17.7 Å². The Morgan fingerprint density at radius 3 is 2.93 bits per heavy atom. The fourth-order valence-electron chi connectivity index (χ4n) is 1.34. The Balaban J connectivity index is 2.95. The van der Waals surface area contributed by atoms with Gasteiger partial charge in [-0.3, -0.25) is 4.98 Å². The van der Waals surface area contributed by atoms with Crippen LogP contribution in [0.4, 0.5) is 11.4 Å². The van der Waals surface area contributed by atoms with Crippen LogP contribution in [0.2, 0.25) is 0 Å². The number of rotatable bonds is 3. The molecular formula is C10H14N4. The van der Waals surface area contributed by atoms with Crippen LogP contribution in [0.3, 0.4) is 0 Å². The Kier molecular flexibility index (Phi) is 3.29. The van der Waals surface area contributed by atoms with E-state index in [2.05, 4.69) is 11.1 Å². The standard InChI is InChI=1S/C10H14N4/c1-3-8(6-11)14(2)10-4-5-13-7-9(10)12/h4-5,7-8H,3,12H2,1-2H3.